The van der Waals surface area contributed by atoms with Crippen LogP contribution in [-0.2, 0) is 0 Å². The maximum absolute atomic E-state index is 5.44. The second kappa shape index (κ2) is 13.8. The Bertz CT molecular complexity index is 3220. The van der Waals surface area contributed by atoms with Gasteiger partial charge in [-0.3, -0.25) is 0 Å². The van der Waals surface area contributed by atoms with E-state index in [1.165, 1.54) is 53.9 Å². The zero-order chi connectivity index (χ0) is 37.7. The fraction of sp³-hybridized carbons (Fsp3) is 0. The average Bonchev–Trinajstić information content (AvgIpc) is 3.68. The Balaban J connectivity index is 1.17. The van der Waals surface area contributed by atoms with E-state index in [-0.39, 0.29) is 0 Å². The van der Waals surface area contributed by atoms with Crippen molar-refractivity contribution in [2.45, 2.75) is 0 Å². The van der Waals surface area contributed by atoms with Crippen LogP contribution in [-0.4, -0.2) is 9.97 Å². The van der Waals surface area contributed by atoms with E-state index in [1.54, 1.807) is 11.3 Å². The summed E-state index contributed by atoms with van der Waals surface area (Å²) in [5.41, 5.74) is 12.2. The number of aromatic nitrogens is 2. The van der Waals surface area contributed by atoms with Crippen LogP contribution >= 0.6 is 11.3 Å². The first-order valence-electron chi connectivity index (χ1n) is 19.3. The molecule has 0 atom stereocenters. The van der Waals surface area contributed by atoms with E-state index in [9.17, 15) is 0 Å². The average molecular weight is 743 g/mol. The zero-order valence-corrected chi connectivity index (χ0v) is 31.7. The summed E-state index contributed by atoms with van der Waals surface area (Å²) in [7, 11) is 0. The van der Waals surface area contributed by atoms with Crippen molar-refractivity contribution in [3.63, 3.8) is 0 Å². The van der Waals surface area contributed by atoms with Crippen LogP contribution < -0.4 is 0 Å². The lowest BCUT2D eigenvalue weighted by Gasteiger charge is -2.15. The van der Waals surface area contributed by atoms with Gasteiger partial charge in [0.2, 0.25) is 0 Å². The van der Waals surface area contributed by atoms with Gasteiger partial charge in [-0.15, -0.1) is 11.3 Å². The van der Waals surface area contributed by atoms with Crippen molar-refractivity contribution < 1.29 is 0 Å². The lowest BCUT2D eigenvalue weighted by atomic mass is 9.90. The Hall–Kier alpha value is -7.20. The van der Waals surface area contributed by atoms with Gasteiger partial charge in [0.05, 0.1) is 5.69 Å². The summed E-state index contributed by atoms with van der Waals surface area (Å²) in [5.74, 6) is 0.713. The molecular weight excluding hydrogens is 709 g/mol. The molecule has 0 saturated heterocycles. The van der Waals surface area contributed by atoms with Crippen LogP contribution in [0.5, 0.6) is 0 Å². The highest BCUT2D eigenvalue weighted by Gasteiger charge is 2.19. The van der Waals surface area contributed by atoms with Crippen molar-refractivity contribution in [2.75, 3.05) is 0 Å². The minimum atomic E-state index is 0.713. The van der Waals surface area contributed by atoms with Gasteiger partial charge < -0.3 is 0 Å². The molecule has 0 amide bonds. The van der Waals surface area contributed by atoms with Crippen LogP contribution in [0.1, 0.15) is 0 Å². The van der Waals surface area contributed by atoms with E-state index in [1.807, 2.05) is 0 Å². The number of hydrogen-bond donors (Lipinski definition) is 0. The Labute approximate surface area is 335 Å². The molecule has 0 bridgehead atoms. The molecule has 11 rings (SSSR count). The summed E-state index contributed by atoms with van der Waals surface area (Å²) in [6.07, 6.45) is 0. The normalized spacial score (nSPS) is 11.5. The van der Waals surface area contributed by atoms with Crippen molar-refractivity contribution in [2.24, 2.45) is 0 Å². The molecule has 11 aromatic rings. The third kappa shape index (κ3) is 6.06. The number of nitrogens with zero attached hydrogens (tertiary/aromatic N) is 2. The highest BCUT2D eigenvalue weighted by Crippen LogP contribution is 2.42. The lowest BCUT2D eigenvalue weighted by Crippen LogP contribution is -1.95. The Morgan fingerprint density at radius 1 is 0.298 bits per heavy atom. The minimum absolute atomic E-state index is 0.713. The van der Waals surface area contributed by atoms with Crippen molar-refractivity contribution in [1.29, 1.82) is 0 Å². The predicted molar refractivity (Wildman–Crippen MR) is 243 cm³/mol. The number of thiophene rings is 1. The van der Waals surface area contributed by atoms with Crippen LogP contribution in [0.3, 0.4) is 0 Å². The summed E-state index contributed by atoms with van der Waals surface area (Å²) < 4.78 is 1.21. The van der Waals surface area contributed by atoms with E-state index in [0.29, 0.717) is 5.82 Å². The molecule has 0 spiro atoms. The smallest absolute Gasteiger partial charge is 0.161 e. The van der Waals surface area contributed by atoms with Crippen LogP contribution in [0.2, 0.25) is 0 Å². The van der Waals surface area contributed by atoms with E-state index in [4.69, 9.17) is 9.97 Å². The van der Waals surface area contributed by atoms with E-state index >= 15 is 0 Å². The molecule has 0 fully saturated rings. The molecule has 2 heterocycles. The molecule has 0 N–H and O–H groups in total. The van der Waals surface area contributed by atoms with E-state index in [2.05, 4.69) is 206 Å². The second-order valence-corrected chi connectivity index (χ2v) is 15.6. The molecule has 9 aromatic carbocycles. The fourth-order valence-corrected chi connectivity index (χ4v) is 9.30. The zero-order valence-electron chi connectivity index (χ0n) is 30.9. The highest BCUT2D eigenvalue weighted by atomic mass is 32.1. The summed E-state index contributed by atoms with van der Waals surface area (Å²) >= 11 is 1.73. The van der Waals surface area contributed by atoms with Gasteiger partial charge >= 0.3 is 0 Å². The molecule has 2 aromatic heterocycles. The van der Waals surface area contributed by atoms with Gasteiger partial charge in [0.15, 0.2) is 5.82 Å². The number of fused-ring (bicyclic) bond motifs is 6. The number of rotatable bonds is 6. The molecule has 266 valence electrons. The molecule has 3 heteroatoms. The number of hydrogen-bond acceptors (Lipinski definition) is 3. The second-order valence-electron chi connectivity index (χ2n) is 14.6. The Morgan fingerprint density at radius 3 is 1.46 bits per heavy atom. The van der Waals surface area contributed by atoms with Gasteiger partial charge in [0.25, 0.3) is 0 Å². The van der Waals surface area contributed by atoms with Gasteiger partial charge in [-0.25, -0.2) is 9.97 Å². The van der Waals surface area contributed by atoms with Gasteiger partial charge in [0.1, 0.15) is 4.83 Å². The highest BCUT2D eigenvalue weighted by molar-refractivity contribution is 7.25. The SMILES string of the molecule is c1ccc(-c2cc(-c3ccccc3)cc(-c3cc(-c4ccc5c(ccc6ccccc65)c4)cc(-c4nc(-c5ccccc5)c5c(n4)sc4ccccc45)c3)c2)cc1. The predicted octanol–water partition coefficient (Wildman–Crippen LogP) is 15.2. The molecule has 0 aliphatic heterocycles. The number of benzene rings is 9. The molecule has 2 nitrogen and oxygen atoms in total. The molecular formula is C54H34N2S. The minimum Gasteiger partial charge on any atom is -0.227 e. The van der Waals surface area contributed by atoms with Crippen molar-refractivity contribution in [3.05, 3.63) is 206 Å². The molecule has 0 radical (unpaired) electrons. The molecule has 0 unspecified atom stereocenters. The Kier molecular flexibility index (Phi) is 8.04. The third-order valence-corrected chi connectivity index (χ3v) is 12.1. The standard InChI is InChI=1S/C54H34N2S/c1-4-14-35(15-5-1)41-29-42(36-16-6-2-7-17-36)31-44(30-41)45-32-43(39-26-27-48-40(28-39)25-24-37-18-10-11-21-47(37)48)33-46(34-45)53-55-52(38-19-8-3-9-20-38)51-49-22-12-13-23-50(49)57-54(51)56-53/h1-34H. The van der Waals surface area contributed by atoms with Crippen molar-refractivity contribution in [1.82, 2.24) is 9.97 Å². The molecule has 0 aliphatic rings. The largest absolute Gasteiger partial charge is 0.227 e. The lowest BCUT2D eigenvalue weighted by molar-refractivity contribution is 1.24. The topological polar surface area (TPSA) is 25.8 Å². The van der Waals surface area contributed by atoms with Gasteiger partial charge in [0, 0.05) is 26.6 Å². The van der Waals surface area contributed by atoms with Gasteiger partial charge in [-0.1, -0.05) is 158 Å². The molecule has 0 aliphatic carbocycles. The van der Waals surface area contributed by atoms with Crippen LogP contribution in [0.25, 0.3) is 109 Å². The maximum Gasteiger partial charge on any atom is 0.161 e. The van der Waals surface area contributed by atoms with Crippen LogP contribution in [0.4, 0.5) is 0 Å². The van der Waals surface area contributed by atoms with Crippen molar-refractivity contribution >= 4 is 53.2 Å². The fourth-order valence-electron chi connectivity index (χ4n) is 8.23. The van der Waals surface area contributed by atoms with Crippen molar-refractivity contribution in [3.8, 4) is 67.2 Å². The van der Waals surface area contributed by atoms with Crippen LogP contribution in [0, 0.1) is 0 Å². The summed E-state index contributed by atoms with van der Waals surface area (Å²) in [4.78, 5) is 11.8. The monoisotopic (exact) mass is 742 g/mol. The molecule has 57 heavy (non-hydrogen) atoms. The van der Waals surface area contributed by atoms with Gasteiger partial charge in [-0.2, -0.15) is 0 Å². The first kappa shape index (κ1) is 33.2. The maximum atomic E-state index is 5.44. The summed E-state index contributed by atoms with van der Waals surface area (Å²) in [5, 5.41) is 7.27. The molecule has 0 saturated carbocycles. The first-order chi connectivity index (χ1) is 28.2. The van der Waals surface area contributed by atoms with Crippen LogP contribution in [0.15, 0.2) is 206 Å². The quantitative estimate of drug-likeness (QED) is 0.159. The van der Waals surface area contributed by atoms with Gasteiger partial charge in [-0.05, 0) is 115 Å². The summed E-state index contributed by atoms with van der Waals surface area (Å²) in [6.45, 7) is 0. The third-order valence-electron chi connectivity index (χ3n) is 11.0. The van der Waals surface area contributed by atoms with E-state index < -0.39 is 0 Å². The van der Waals surface area contributed by atoms with E-state index in [0.717, 1.165) is 49.3 Å². The summed E-state index contributed by atoms with van der Waals surface area (Å²) in [6, 6.07) is 74.2. The first-order valence-corrected chi connectivity index (χ1v) is 20.1. The Morgan fingerprint density at radius 2 is 0.789 bits per heavy atom.